The first kappa shape index (κ1) is 13.7. The number of ether oxygens (including phenoxy) is 1. The zero-order chi connectivity index (χ0) is 14.6. The average Bonchev–Trinajstić information content (AvgIpc) is 2.34. The number of ketones is 1. The number of allylic oxidation sites excluding steroid dienone is 1. The van der Waals surface area contributed by atoms with Crippen LogP contribution in [0, 0.1) is 23.2 Å². The van der Waals surface area contributed by atoms with Crippen molar-refractivity contribution in [3.8, 4) is 0 Å². The van der Waals surface area contributed by atoms with E-state index in [4.69, 9.17) is 0 Å². The van der Waals surface area contributed by atoms with E-state index in [1.165, 1.54) is 26.0 Å². The Labute approximate surface area is 110 Å². The van der Waals surface area contributed by atoms with E-state index in [-0.39, 0.29) is 0 Å². The van der Waals surface area contributed by atoms with Crippen LogP contribution in [0.3, 0.4) is 0 Å². The molecule has 104 valence electrons. The zero-order valence-electron chi connectivity index (χ0n) is 10.9. The van der Waals surface area contributed by atoms with Gasteiger partial charge < -0.3 is 14.9 Å². The van der Waals surface area contributed by atoms with Gasteiger partial charge in [-0.3, -0.25) is 14.4 Å². The monoisotopic (exact) mass is 268 g/mol. The maximum atomic E-state index is 12.3. The Morgan fingerprint density at radius 2 is 1.95 bits per heavy atom. The summed E-state index contributed by atoms with van der Waals surface area (Å²) in [5, 5.41) is 19.6. The van der Waals surface area contributed by atoms with Crippen LogP contribution in [-0.4, -0.2) is 40.6 Å². The van der Waals surface area contributed by atoms with E-state index in [2.05, 4.69) is 4.74 Å². The third kappa shape index (κ3) is 1.56. The van der Waals surface area contributed by atoms with Gasteiger partial charge >= 0.3 is 11.9 Å². The van der Waals surface area contributed by atoms with Crippen LogP contribution in [0.25, 0.3) is 0 Å². The predicted octanol–water partition coefficient (Wildman–Crippen LogP) is 0.00240. The van der Waals surface area contributed by atoms with Crippen molar-refractivity contribution >= 4 is 17.7 Å². The zero-order valence-corrected chi connectivity index (χ0v) is 10.9. The van der Waals surface area contributed by atoms with Gasteiger partial charge in [0.25, 0.3) is 0 Å². The lowest BCUT2D eigenvalue weighted by molar-refractivity contribution is -0.187. The second kappa shape index (κ2) is 3.90. The van der Waals surface area contributed by atoms with Crippen molar-refractivity contribution in [3.63, 3.8) is 0 Å². The summed E-state index contributed by atoms with van der Waals surface area (Å²) in [4.78, 5) is 35.7. The van der Waals surface area contributed by atoms with Gasteiger partial charge in [0.2, 0.25) is 0 Å². The van der Waals surface area contributed by atoms with E-state index in [1.807, 2.05) is 0 Å². The van der Waals surface area contributed by atoms with Crippen LogP contribution in [0.15, 0.2) is 12.2 Å². The van der Waals surface area contributed by atoms with Gasteiger partial charge in [0, 0.05) is 5.92 Å². The highest BCUT2D eigenvalue weighted by Gasteiger charge is 2.67. The summed E-state index contributed by atoms with van der Waals surface area (Å²) in [6.07, 6.45) is 3.03. The molecule has 6 nitrogen and oxygen atoms in total. The number of hydrogen-bond acceptors (Lipinski definition) is 5. The summed E-state index contributed by atoms with van der Waals surface area (Å²) < 4.78 is 4.63. The van der Waals surface area contributed by atoms with Crippen molar-refractivity contribution in [1.82, 2.24) is 0 Å². The van der Waals surface area contributed by atoms with Crippen LogP contribution >= 0.6 is 0 Å². The number of carboxylic acid groups (broad SMARTS) is 1. The predicted molar refractivity (Wildman–Crippen MR) is 63.0 cm³/mol. The molecule has 5 unspecified atom stereocenters. The Hall–Kier alpha value is -1.69. The van der Waals surface area contributed by atoms with E-state index < -0.39 is 46.5 Å². The van der Waals surface area contributed by atoms with E-state index in [1.54, 1.807) is 0 Å². The lowest BCUT2D eigenvalue weighted by atomic mass is 9.49. The summed E-state index contributed by atoms with van der Waals surface area (Å²) in [7, 11) is 1.15. The van der Waals surface area contributed by atoms with Crippen molar-refractivity contribution in [2.75, 3.05) is 7.11 Å². The van der Waals surface area contributed by atoms with E-state index in [9.17, 15) is 24.6 Å². The molecule has 1 saturated carbocycles. The van der Waals surface area contributed by atoms with E-state index in [0.717, 1.165) is 7.11 Å². The summed E-state index contributed by atoms with van der Waals surface area (Å²) in [5.41, 5.74) is -3.13. The molecule has 5 atom stereocenters. The molecule has 2 N–H and O–H groups in total. The second-order valence-electron chi connectivity index (χ2n) is 5.51. The Morgan fingerprint density at radius 1 is 1.37 bits per heavy atom. The summed E-state index contributed by atoms with van der Waals surface area (Å²) in [5.74, 6) is -5.71. The van der Waals surface area contributed by atoms with Crippen LogP contribution in [0.5, 0.6) is 0 Å². The van der Waals surface area contributed by atoms with Gasteiger partial charge in [-0.1, -0.05) is 12.2 Å². The third-order valence-electron chi connectivity index (χ3n) is 4.38. The molecule has 3 aliphatic rings. The number of carboxylic acids is 1. The number of aliphatic hydroxyl groups is 1. The van der Waals surface area contributed by atoms with Gasteiger partial charge in [-0.2, -0.15) is 0 Å². The van der Waals surface area contributed by atoms with Crippen molar-refractivity contribution in [2.45, 2.75) is 19.4 Å². The molecule has 0 spiro atoms. The summed E-state index contributed by atoms with van der Waals surface area (Å²) >= 11 is 0. The molecule has 0 aromatic rings. The van der Waals surface area contributed by atoms with Crippen LogP contribution in [0.1, 0.15) is 13.8 Å². The standard InChI is InChI=1S/C13H16O6/c1-12-5-4-6(13(2,18)11(12)17)7(9(14)15)8(12)10(16)19-3/h4-8,18H,1-3H3,(H,14,15). The molecule has 3 aliphatic carbocycles. The largest absolute Gasteiger partial charge is 0.481 e. The minimum atomic E-state index is -1.78. The number of aliphatic carboxylic acids is 1. The molecule has 0 aromatic carbocycles. The van der Waals surface area contributed by atoms with E-state index in [0.29, 0.717) is 0 Å². The maximum absolute atomic E-state index is 12.3. The summed E-state index contributed by atoms with van der Waals surface area (Å²) in [6, 6.07) is 0. The molecule has 0 aromatic heterocycles. The van der Waals surface area contributed by atoms with Crippen molar-refractivity contribution in [3.05, 3.63) is 12.2 Å². The van der Waals surface area contributed by atoms with Crippen molar-refractivity contribution in [1.29, 1.82) is 0 Å². The molecule has 0 heterocycles. The summed E-state index contributed by atoms with van der Waals surface area (Å²) in [6.45, 7) is 2.76. The highest BCUT2D eigenvalue weighted by molar-refractivity contribution is 6.02. The number of carbonyl (C=O) groups excluding carboxylic acids is 2. The van der Waals surface area contributed by atoms with Crippen molar-refractivity contribution < 1.29 is 29.3 Å². The minimum absolute atomic E-state index is 0.541. The van der Waals surface area contributed by atoms with Crippen LogP contribution in [0.4, 0.5) is 0 Å². The molecular formula is C13H16O6. The first-order chi connectivity index (χ1) is 8.67. The third-order valence-corrected chi connectivity index (χ3v) is 4.38. The lowest BCUT2D eigenvalue weighted by Crippen LogP contribution is -2.66. The molecule has 6 heteroatoms. The fourth-order valence-corrected chi connectivity index (χ4v) is 3.37. The quantitative estimate of drug-likeness (QED) is 0.540. The molecular weight excluding hydrogens is 252 g/mol. The Morgan fingerprint density at radius 3 is 2.42 bits per heavy atom. The van der Waals surface area contributed by atoms with Crippen LogP contribution in [0.2, 0.25) is 0 Å². The Bertz CT molecular complexity index is 491. The van der Waals surface area contributed by atoms with Gasteiger partial charge in [0.1, 0.15) is 5.60 Å². The highest BCUT2D eigenvalue weighted by atomic mass is 16.5. The number of hydrogen-bond donors (Lipinski definition) is 2. The first-order valence-corrected chi connectivity index (χ1v) is 5.95. The number of carbonyl (C=O) groups is 3. The first-order valence-electron chi connectivity index (χ1n) is 5.95. The lowest BCUT2D eigenvalue weighted by Gasteiger charge is -2.53. The van der Waals surface area contributed by atoms with Gasteiger partial charge in [-0.05, 0) is 13.8 Å². The number of fused-ring (bicyclic) bond motifs is 2. The highest BCUT2D eigenvalue weighted by Crippen LogP contribution is 2.54. The Balaban J connectivity index is 2.63. The average molecular weight is 268 g/mol. The molecule has 0 radical (unpaired) electrons. The number of rotatable bonds is 2. The van der Waals surface area contributed by atoms with Gasteiger partial charge in [0.15, 0.2) is 5.78 Å². The van der Waals surface area contributed by atoms with Gasteiger partial charge in [0.05, 0.1) is 24.4 Å². The number of esters is 1. The Kier molecular flexibility index (Phi) is 2.82. The molecule has 1 fully saturated rings. The van der Waals surface area contributed by atoms with Crippen LogP contribution in [-0.2, 0) is 19.1 Å². The molecule has 19 heavy (non-hydrogen) atoms. The van der Waals surface area contributed by atoms with Crippen LogP contribution < -0.4 is 0 Å². The second-order valence-corrected chi connectivity index (χ2v) is 5.51. The molecule has 0 saturated heterocycles. The topological polar surface area (TPSA) is 101 Å². The maximum Gasteiger partial charge on any atom is 0.310 e. The molecule has 2 bridgehead atoms. The number of Topliss-reactive ketones (excluding diaryl/α,β-unsaturated/α-hetero) is 1. The fraction of sp³-hybridized carbons (Fsp3) is 0.615. The molecule has 0 aliphatic heterocycles. The van der Waals surface area contributed by atoms with Gasteiger partial charge in [-0.25, -0.2) is 0 Å². The SMILES string of the molecule is COC(=O)C1C(C(=O)O)C2C=CC1(C)C(=O)C2(C)O. The number of methoxy groups -OCH3 is 1. The normalized spacial score (nSPS) is 44.2. The smallest absolute Gasteiger partial charge is 0.310 e. The van der Waals surface area contributed by atoms with E-state index >= 15 is 0 Å². The minimum Gasteiger partial charge on any atom is -0.481 e. The van der Waals surface area contributed by atoms with Crippen molar-refractivity contribution in [2.24, 2.45) is 23.2 Å². The molecule has 0 amide bonds. The molecule has 3 rings (SSSR count). The fourth-order valence-electron chi connectivity index (χ4n) is 3.37. The van der Waals surface area contributed by atoms with Gasteiger partial charge in [-0.15, -0.1) is 0 Å².